The molecule has 1 aromatic heterocycles. The highest BCUT2D eigenvalue weighted by molar-refractivity contribution is 5.82. The lowest BCUT2D eigenvalue weighted by Crippen LogP contribution is -2.26. The summed E-state index contributed by atoms with van der Waals surface area (Å²) in [5.74, 6) is 0.600. The molecule has 1 aromatic carbocycles. The Morgan fingerprint density at radius 2 is 2.15 bits per heavy atom. The van der Waals surface area contributed by atoms with Crippen molar-refractivity contribution in [1.82, 2.24) is 5.32 Å². The minimum absolute atomic E-state index is 0.00496. The first-order valence-electron chi connectivity index (χ1n) is 7.17. The fourth-order valence-electron chi connectivity index (χ4n) is 2.33. The SMILES string of the molecule is CCCNC(COCC)c1oc2ccc(F)cc2c1C. The molecule has 0 amide bonds. The van der Waals surface area contributed by atoms with Crippen LogP contribution in [0.25, 0.3) is 11.0 Å². The molecule has 4 heteroatoms. The highest BCUT2D eigenvalue weighted by Crippen LogP contribution is 2.30. The summed E-state index contributed by atoms with van der Waals surface area (Å²) in [6, 6.07) is 4.63. The van der Waals surface area contributed by atoms with E-state index in [2.05, 4.69) is 12.2 Å². The van der Waals surface area contributed by atoms with Crippen molar-refractivity contribution in [3.63, 3.8) is 0 Å². The third-order valence-corrected chi connectivity index (χ3v) is 3.38. The van der Waals surface area contributed by atoms with Crippen LogP contribution in [0.3, 0.4) is 0 Å². The Bertz CT molecular complexity index is 557. The summed E-state index contributed by atoms with van der Waals surface area (Å²) in [4.78, 5) is 0. The number of aryl methyl sites for hydroxylation is 1. The van der Waals surface area contributed by atoms with Crippen LogP contribution < -0.4 is 5.32 Å². The molecule has 0 bridgehead atoms. The fraction of sp³-hybridized carbons (Fsp3) is 0.500. The highest BCUT2D eigenvalue weighted by Gasteiger charge is 2.20. The van der Waals surface area contributed by atoms with Gasteiger partial charge >= 0.3 is 0 Å². The van der Waals surface area contributed by atoms with Crippen molar-refractivity contribution >= 4 is 11.0 Å². The minimum atomic E-state index is -0.240. The molecule has 0 aliphatic carbocycles. The van der Waals surface area contributed by atoms with Crippen molar-refractivity contribution in [2.75, 3.05) is 19.8 Å². The van der Waals surface area contributed by atoms with Gasteiger partial charge in [-0.2, -0.15) is 0 Å². The average Bonchev–Trinajstić information content (AvgIpc) is 2.76. The van der Waals surface area contributed by atoms with Crippen LogP contribution in [0.1, 0.15) is 37.6 Å². The largest absolute Gasteiger partial charge is 0.459 e. The number of fused-ring (bicyclic) bond motifs is 1. The zero-order chi connectivity index (χ0) is 14.5. The number of hydrogen-bond donors (Lipinski definition) is 1. The first-order chi connectivity index (χ1) is 9.67. The van der Waals surface area contributed by atoms with E-state index < -0.39 is 0 Å². The molecule has 3 nitrogen and oxygen atoms in total. The van der Waals surface area contributed by atoms with Gasteiger partial charge in [0.2, 0.25) is 0 Å². The maximum atomic E-state index is 13.4. The molecule has 1 heterocycles. The van der Waals surface area contributed by atoms with Crippen LogP contribution in [0, 0.1) is 12.7 Å². The Kier molecular flexibility index (Phi) is 5.15. The smallest absolute Gasteiger partial charge is 0.134 e. The van der Waals surface area contributed by atoms with Crippen molar-refractivity contribution in [3.05, 3.63) is 35.3 Å². The molecule has 0 saturated heterocycles. The molecule has 1 atom stereocenters. The van der Waals surface area contributed by atoms with E-state index in [0.29, 0.717) is 13.2 Å². The average molecular weight is 279 g/mol. The van der Waals surface area contributed by atoms with Gasteiger partial charge < -0.3 is 14.5 Å². The van der Waals surface area contributed by atoms with E-state index in [9.17, 15) is 4.39 Å². The van der Waals surface area contributed by atoms with Crippen LogP contribution >= 0.6 is 0 Å². The maximum absolute atomic E-state index is 13.4. The predicted molar refractivity (Wildman–Crippen MR) is 78.4 cm³/mol. The monoisotopic (exact) mass is 279 g/mol. The topological polar surface area (TPSA) is 34.4 Å². The van der Waals surface area contributed by atoms with Crippen LogP contribution in [-0.4, -0.2) is 19.8 Å². The summed E-state index contributed by atoms with van der Waals surface area (Å²) in [6.07, 6.45) is 1.04. The number of hydrogen-bond acceptors (Lipinski definition) is 3. The van der Waals surface area contributed by atoms with Gasteiger partial charge in [-0.3, -0.25) is 0 Å². The molecule has 1 unspecified atom stereocenters. The molecular weight excluding hydrogens is 257 g/mol. The molecule has 2 rings (SSSR count). The Labute approximate surface area is 119 Å². The van der Waals surface area contributed by atoms with Crippen LogP contribution in [-0.2, 0) is 4.74 Å². The number of nitrogens with one attached hydrogen (secondary N) is 1. The second-order valence-electron chi connectivity index (χ2n) is 4.90. The number of rotatable bonds is 7. The summed E-state index contributed by atoms with van der Waals surface area (Å²) >= 11 is 0. The normalized spacial score (nSPS) is 13.0. The number of ether oxygens (including phenoxy) is 1. The molecule has 0 aliphatic heterocycles. The zero-order valence-electron chi connectivity index (χ0n) is 12.3. The molecule has 0 aliphatic rings. The highest BCUT2D eigenvalue weighted by atomic mass is 19.1. The first-order valence-corrected chi connectivity index (χ1v) is 7.17. The number of halogens is 1. The minimum Gasteiger partial charge on any atom is -0.459 e. The van der Waals surface area contributed by atoms with Gasteiger partial charge in [0, 0.05) is 17.6 Å². The van der Waals surface area contributed by atoms with Crippen LogP contribution in [0.5, 0.6) is 0 Å². The van der Waals surface area contributed by atoms with E-state index in [1.807, 2.05) is 13.8 Å². The van der Waals surface area contributed by atoms with Gasteiger partial charge in [-0.25, -0.2) is 4.39 Å². The van der Waals surface area contributed by atoms with E-state index in [1.165, 1.54) is 12.1 Å². The summed E-state index contributed by atoms with van der Waals surface area (Å²) in [5.41, 5.74) is 1.70. The Balaban J connectivity index is 2.33. The molecule has 0 fully saturated rings. The van der Waals surface area contributed by atoms with Gasteiger partial charge in [0.25, 0.3) is 0 Å². The standard InChI is InChI=1S/C16H22FNO2/c1-4-8-18-14(10-19-5-2)16-11(3)13-9-12(17)6-7-15(13)20-16/h6-7,9,14,18H,4-5,8,10H2,1-3H3. The predicted octanol–water partition coefficient (Wildman–Crippen LogP) is 3.96. The zero-order valence-corrected chi connectivity index (χ0v) is 12.3. The molecule has 1 N–H and O–H groups in total. The molecule has 0 saturated carbocycles. The lowest BCUT2D eigenvalue weighted by atomic mass is 10.1. The number of furan rings is 1. The second-order valence-corrected chi connectivity index (χ2v) is 4.90. The second kappa shape index (κ2) is 6.86. The third kappa shape index (κ3) is 3.19. The third-order valence-electron chi connectivity index (χ3n) is 3.38. The van der Waals surface area contributed by atoms with E-state index >= 15 is 0 Å². The van der Waals surface area contributed by atoms with Gasteiger partial charge in [0.15, 0.2) is 0 Å². The lowest BCUT2D eigenvalue weighted by molar-refractivity contribution is 0.116. The van der Waals surface area contributed by atoms with Gasteiger partial charge in [-0.05, 0) is 45.0 Å². The summed E-state index contributed by atoms with van der Waals surface area (Å²) in [6.45, 7) is 8.16. The summed E-state index contributed by atoms with van der Waals surface area (Å²) in [7, 11) is 0. The molecule has 20 heavy (non-hydrogen) atoms. The first kappa shape index (κ1) is 15.0. The van der Waals surface area contributed by atoms with Crippen LogP contribution in [0.15, 0.2) is 22.6 Å². The van der Waals surface area contributed by atoms with Gasteiger partial charge in [-0.1, -0.05) is 6.92 Å². The number of benzene rings is 1. The van der Waals surface area contributed by atoms with Crippen LogP contribution in [0.2, 0.25) is 0 Å². The maximum Gasteiger partial charge on any atom is 0.134 e. The van der Waals surface area contributed by atoms with E-state index in [1.54, 1.807) is 6.07 Å². The van der Waals surface area contributed by atoms with Crippen molar-refractivity contribution in [2.24, 2.45) is 0 Å². The van der Waals surface area contributed by atoms with Gasteiger partial charge in [0.05, 0.1) is 12.6 Å². The quantitative estimate of drug-likeness (QED) is 0.833. The lowest BCUT2D eigenvalue weighted by Gasteiger charge is -2.17. The van der Waals surface area contributed by atoms with Crippen molar-refractivity contribution in [3.8, 4) is 0 Å². The van der Waals surface area contributed by atoms with Gasteiger partial charge in [-0.15, -0.1) is 0 Å². The Hall–Kier alpha value is -1.39. The Morgan fingerprint density at radius 3 is 2.85 bits per heavy atom. The summed E-state index contributed by atoms with van der Waals surface area (Å²) < 4.78 is 24.8. The van der Waals surface area contributed by atoms with Crippen molar-refractivity contribution in [1.29, 1.82) is 0 Å². The molecule has 0 radical (unpaired) electrons. The van der Waals surface area contributed by atoms with Gasteiger partial charge in [0.1, 0.15) is 17.2 Å². The molecule has 110 valence electrons. The van der Waals surface area contributed by atoms with Crippen molar-refractivity contribution in [2.45, 2.75) is 33.2 Å². The fourth-order valence-corrected chi connectivity index (χ4v) is 2.33. The van der Waals surface area contributed by atoms with E-state index in [0.717, 1.165) is 35.3 Å². The summed E-state index contributed by atoms with van der Waals surface area (Å²) in [5, 5.41) is 4.26. The molecular formula is C16H22FNO2. The van der Waals surface area contributed by atoms with E-state index in [-0.39, 0.29) is 11.9 Å². The molecule has 0 spiro atoms. The van der Waals surface area contributed by atoms with Crippen molar-refractivity contribution < 1.29 is 13.5 Å². The van der Waals surface area contributed by atoms with E-state index in [4.69, 9.17) is 9.15 Å². The van der Waals surface area contributed by atoms with Crippen LogP contribution in [0.4, 0.5) is 4.39 Å². The Morgan fingerprint density at radius 1 is 1.35 bits per heavy atom. The molecule has 2 aromatic rings.